The third kappa shape index (κ3) is 4.88. The molecule has 1 saturated heterocycles. The molecule has 3 amide bonds. The van der Waals surface area contributed by atoms with Gasteiger partial charge in [0.25, 0.3) is 5.91 Å². The van der Waals surface area contributed by atoms with Crippen LogP contribution in [0, 0.1) is 0 Å². The Hall–Kier alpha value is -3.88. The second-order valence-corrected chi connectivity index (χ2v) is 9.40. The first kappa shape index (κ1) is 23.3. The van der Waals surface area contributed by atoms with E-state index in [9.17, 15) is 19.5 Å². The van der Waals surface area contributed by atoms with Crippen LogP contribution in [0.3, 0.4) is 0 Å². The molecule has 1 N–H and O–H groups in total. The highest BCUT2D eigenvalue weighted by Crippen LogP contribution is 2.27. The molecule has 9 nitrogen and oxygen atoms in total. The number of carbonyl (C=O) groups is 3. The zero-order valence-electron chi connectivity index (χ0n) is 19.6. The summed E-state index contributed by atoms with van der Waals surface area (Å²) in [6.07, 6.45) is 0.730. The predicted molar refractivity (Wildman–Crippen MR) is 129 cm³/mol. The number of hydrogen-bond donors (Lipinski definition) is 1. The Morgan fingerprint density at radius 2 is 1.62 bits per heavy atom. The first-order valence-electron chi connectivity index (χ1n) is 11.3. The van der Waals surface area contributed by atoms with Gasteiger partial charge in [0.15, 0.2) is 0 Å². The molecule has 0 saturated carbocycles. The molecule has 4 rings (SSSR count). The van der Waals surface area contributed by atoms with Crippen molar-refractivity contribution in [3.63, 3.8) is 0 Å². The summed E-state index contributed by atoms with van der Waals surface area (Å²) in [5, 5.41) is 14.9. The zero-order valence-corrected chi connectivity index (χ0v) is 19.6. The van der Waals surface area contributed by atoms with Gasteiger partial charge in [-0.05, 0) is 51.1 Å². The SMILES string of the molecule is CC(C)(C)N(C(=O)O)c1ccc2nn(CC(=O)N3CCN(C(=O)c4ccccc4)CC3)cc2c1. The lowest BCUT2D eigenvalue weighted by atomic mass is 10.1. The van der Waals surface area contributed by atoms with Crippen LogP contribution in [0.2, 0.25) is 0 Å². The number of fused-ring (bicyclic) bond motifs is 1. The minimum atomic E-state index is -1.03. The fourth-order valence-corrected chi connectivity index (χ4v) is 4.23. The van der Waals surface area contributed by atoms with Crippen LogP contribution in [-0.2, 0) is 11.3 Å². The maximum absolute atomic E-state index is 12.9. The topological polar surface area (TPSA) is 99.0 Å². The Balaban J connectivity index is 1.40. The number of aromatic nitrogens is 2. The maximum Gasteiger partial charge on any atom is 0.412 e. The van der Waals surface area contributed by atoms with E-state index in [1.807, 2.05) is 39.0 Å². The summed E-state index contributed by atoms with van der Waals surface area (Å²) < 4.78 is 1.58. The van der Waals surface area contributed by atoms with Crippen LogP contribution in [0.15, 0.2) is 54.7 Å². The number of benzene rings is 2. The summed E-state index contributed by atoms with van der Waals surface area (Å²) in [5.41, 5.74) is 1.29. The lowest BCUT2D eigenvalue weighted by molar-refractivity contribution is -0.133. The van der Waals surface area contributed by atoms with Crippen LogP contribution in [-0.4, -0.2) is 74.3 Å². The number of amides is 3. The van der Waals surface area contributed by atoms with E-state index in [4.69, 9.17) is 0 Å². The minimum absolute atomic E-state index is 0.0208. The van der Waals surface area contributed by atoms with Crippen LogP contribution in [0.4, 0.5) is 10.5 Å². The van der Waals surface area contributed by atoms with E-state index in [1.165, 1.54) is 4.90 Å². The minimum Gasteiger partial charge on any atom is -0.465 e. The summed E-state index contributed by atoms with van der Waals surface area (Å²) in [5.74, 6) is -0.0887. The average molecular weight is 464 g/mol. The van der Waals surface area contributed by atoms with Gasteiger partial charge < -0.3 is 14.9 Å². The first-order chi connectivity index (χ1) is 16.1. The van der Waals surface area contributed by atoms with Crippen molar-refractivity contribution >= 4 is 34.5 Å². The van der Waals surface area contributed by atoms with Gasteiger partial charge >= 0.3 is 6.09 Å². The molecular weight excluding hydrogens is 434 g/mol. The second-order valence-electron chi connectivity index (χ2n) is 9.40. The largest absolute Gasteiger partial charge is 0.465 e. The van der Waals surface area contributed by atoms with E-state index in [2.05, 4.69) is 5.10 Å². The molecule has 0 aliphatic carbocycles. The standard InChI is InChI=1S/C25H29N5O4/c1-25(2,3)30(24(33)34)20-9-10-21-19(15-20)16-29(26-21)17-22(31)27-11-13-28(14-12-27)23(32)18-7-5-4-6-8-18/h4-10,15-16H,11-14,17H2,1-3H3,(H,33,34). The molecule has 2 aromatic carbocycles. The normalized spacial score (nSPS) is 14.3. The van der Waals surface area contributed by atoms with Crippen LogP contribution >= 0.6 is 0 Å². The zero-order chi connectivity index (χ0) is 24.5. The third-order valence-corrected chi connectivity index (χ3v) is 5.89. The second kappa shape index (κ2) is 9.17. The lowest BCUT2D eigenvalue weighted by Gasteiger charge is -2.34. The molecule has 178 valence electrons. The van der Waals surface area contributed by atoms with E-state index in [1.54, 1.807) is 51.0 Å². The number of rotatable bonds is 4. The molecule has 1 fully saturated rings. The Bertz CT molecular complexity index is 1210. The van der Waals surface area contributed by atoms with Crippen molar-refractivity contribution in [2.24, 2.45) is 0 Å². The smallest absolute Gasteiger partial charge is 0.412 e. The maximum atomic E-state index is 12.9. The number of hydrogen-bond acceptors (Lipinski definition) is 4. The Morgan fingerprint density at radius 3 is 2.24 bits per heavy atom. The lowest BCUT2D eigenvalue weighted by Crippen LogP contribution is -2.51. The van der Waals surface area contributed by atoms with Gasteiger partial charge in [0, 0.05) is 54.6 Å². The summed E-state index contributed by atoms with van der Waals surface area (Å²) in [6.45, 7) is 7.51. The van der Waals surface area contributed by atoms with Crippen LogP contribution in [0.5, 0.6) is 0 Å². The summed E-state index contributed by atoms with van der Waals surface area (Å²) in [6, 6.07) is 14.4. The number of anilines is 1. The van der Waals surface area contributed by atoms with E-state index in [-0.39, 0.29) is 18.4 Å². The van der Waals surface area contributed by atoms with Gasteiger partial charge in [-0.3, -0.25) is 19.2 Å². The van der Waals surface area contributed by atoms with E-state index < -0.39 is 11.6 Å². The first-order valence-corrected chi connectivity index (χ1v) is 11.3. The van der Waals surface area contributed by atoms with Crippen molar-refractivity contribution in [2.45, 2.75) is 32.9 Å². The number of nitrogens with zero attached hydrogens (tertiary/aromatic N) is 5. The van der Waals surface area contributed by atoms with Crippen molar-refractivity contribution in [1.29, 1.82) is 0 Å². The molecule has 0 atom stereocenters. The summed E-state index contributed by atoms with van der Waals surface area (Å²) in [4.78, 5) is 42.1. The van der Waals surface area contributed by atoms with Gasteiger partial charge in [-0.2, -0.15) is 5.10 Å². The van der Waals surface area contributed by atoms with E-state index >= 15 is 0 Å². The quantitative estimate of drug-likeness (QED) is 0.640. The number of carboxylic acid groups (broad SMARTS) is 1. The summed E-state index contributed by atoms with van der Waals surface area (Å²) >= 11 is 0. The highest BCUT2D eigenvalue weighted by Gasteiger charge is 2.28. The fraction of sp³-hybridized carbons (Fsp3) is 0.360. The van der Waals surface area contributed by atoms with Crippen LogP contribution in [0.1, 0.15) is 31.1 Å². The van der Waals surface area contributed by atoms with Gasteiger partial charge in [-0.25, -0.2) is 4.79 Å². The molecule has 0 radical (unpaired) electrons. The van der Waals surface area contributed by atoms with E-state index in [0.717, 1.165) is 5.39 Å². The van der Waals surface area contributed by atoms with Crippen LogP contribution < -0.4 is 4.90 Å². The highest BCUT2D eigenvalue weighted by molar-refractivity contribution is 5.94. The molecule has 0 bridgehead atoms. The molecule has 34 heavy (non-hydrogen) atoms. The Kier molecular flexibility index (Phi) is 6.28. The predicted octanol–water partition coefficient (Wildman–Crippen LogP) is 3.30. The van der Waals surface area contributed by atoms with Crippen LogP contribution in [0.25, 0.3) is 10.9 Å². The number of piperazine rings is 1. The summed E-state index contributed by atoms with van der Waals surface area (Å²) in [7, 11) is 0. The molecule has 0 unspecified atom stereocenters. The molecule has 9 heteroatoms. The van der Waals surface area contributed by atoms with Gasteiger partial charge in [0.05, 0.1) is 5.52 Å². The van der Waals surface area contributed by atoms with Gasteiger partial charge in [0.2, 0.25) is 5.91 Å². The monoisotopic (exact) mass is 463 g/mol. The highest BCUT2D eigenvalue weighted by atomic mass is 16.4. The van der Waals surface area contributed by atoms with Gasteiger partial charge in [-0.15, -0.1) is 0 Å². The molecule has 1 aliphatic rings. The van der Waals surface area contributed by atoms with Gasteiger partial charge in [-0.1, -0.05) is 18.2 Å². The average Bonchev–Trinajstić information content (AvgIpc) is 3.19. The Labute approximate surface area is 198 Å². The molecule has 1 aromatic heterocycles. The number of carbonyl (C=O) groups excluding carboxylic acids is 2. The molecular formula is C25H29N5O4. The fourth-order valence-electron chi connectivity index (χ4n) is 4.23. The van der Waals surface area contributed by atoms with Gasteiger partial charge in [0.1, 0.15) is 6.54 Å². The Morgan fingerprint density at radius 1 is 0.971 bits per heavy atom. The van der Waals surface area contributed by atoms with Crippen molar-refractivity contribution in [3.8, 4) is 0 Å². The molecule has 1 aliphatic heterocycles. The van der Waals surface area contributed by atoms with Crippen molar-refractivity contribution in [1.82, 2.24) is 19.6 Å². The molecule has 0 spiro atoms. The third-order valence-electron chi connectivity index (χ3n) is 5.89. The molecule has 3 aromatic rings. The van der Waals surface area contributed by atoms with Crippen molar-refractivity contribution in [3.05, 3.63) is 60.3 Å². The molecule has 2 heterocycles. The van der Waals surface area contributed by atoms with Crippen molar-refractivity contribution < 1.29 is 19.5 Å². The van der Waals surface area contributed by atoms with E-state index in [0.29, 0.717) is 42.9 Å². The van der Waals surface area contributed by atoms with Crippen molar-refractivity contribution in [2.75, 3.05) is 31.1 Å².